The Balaban J connectivity index is 2.03. The lowest BCUT2D eigenvalue weighted by molar-refractivity contribution is -0.159. The Morgan fingerprint density at radius 2 is 1.90 bits per heavy atom. The second kappa shape index (κ2) is 11.1. The molecule has 1 saturated carbocycles. The van der Waals surface area contributed by atoms with Crippen molar-refractivity contribution in [2.24, 2.45) is 29.6 Å². The molecule has 8 atom stereocenters. The van der Waals surface area contributed by atoms with Gasteiger partial charge in [-0.2, -0.15) is 0 Å². The fourth-order valence-corrected chi connectivity index (χ4v) is 5.11. The van der Waals surface area contributed by atoms with Crippen LogP contribution in [0.4, 0.5) is 0 Å². The minimum absolute atomic E-state index is 0.0663. The number of carbonyl (C=O) groups excluding carboxylic acids is 1. The molecule has 0 spiro atoms. The van der Waals surface area contributed by atoms with Crippen LogP contribution in [0.1, 0.15) is 72.1 Å². The van der Waals surface area contributed by atoms with Crippen LogP contribution in [0.2, 0.25) is 0 Å². The molecule has 6 nitrogen and oxygen atoms in total. The Morgan fingerprint density at radius 1 is 1.17 bits per heavy atom. The number of aliphatic hydroxyl groups excluding tert-OH is 2. The van der Waals surface area contributed by atoms with Crippen LogP contribution in [0.5, 0.6) is 0 Å². The monoisotopic (exact) mass is 410 g/mol. The minimum Gasteiger partial charge on any atom is -0.481 e. The molecule has 0 aromatic carbocycles. The highest BCUT2D eigenvalue weighted by atomic mass is 16.5. The van der Waals surface area contributed by atoms with Crippen molar-refractivity contribution in [1.82, 2.24) is 0 Å². The van der Waals surface area contributed by atoms with Crippen LogP contribution in [0.3, 0.4) is 0 Å². The first-order valence-corrected chi connectivity index (χ1v) is 11.2. The van der Waals surface area contributed by atoms with Crippen LogP contribution in [-0.4, -0.2) is 45.6 Å². The van der Waals surface area contributed by atoms with Gasteiger partial charge in [0.05, 0.1) is 30.7 Å². The Morgan fingerprint density at radius 3 is 2.55 bits per heavy atom. The number of ether oxygens (including phenoxy) is 1. The quantitative estimate of drug-likeness (QED) is 0.376. The van der Waals surface area contributed by atoms with Gasteiger partial charge < -0.3 is 20.1 Å². The van der Waals surface area contributed by atoms with E-state index in [0.29, 0.717) is 18.3 Å². The van der Waals surface area contributed by atoms with Gasteiger partial charge in [-0.1, -0.05) is 32.4 Å². The van der Waals surface area contributed by atoms with Crippen molar-refractivity contribution in [1.29, 1.82) is 0 Å². The van der Waals surface area contributed by atoms with Crippen LogP contribution in [0.25, 0.3) is 0 Å². The average Bonchev–Trinajstić information content (AvgIpc) is 2.65. The van der Waals surface area contributed by atoms with Gasteiger partial charge >= 0.3 is 11.9 Å². The molecule has 0 radical (unpaired) electrons. The molecule has 2 rings (SSSR count). The maximum Gasteiger partial charge on any atom is 0.309 e. The number of carboxylic acid groups (broad SMARTS) is 1. The van der Waals surface area contributed by atoms with Gasteiger partial charge in [0.1, 0.15) is 0 Å². The number of carboxylic acids is 1. The zero-order chi connectivity index (χ0) is 21.6. The van der Waals surface area contributed by atoms with Gasteiger partial charge in [-0.3, -0.25) is 9.59 Å². The molecular formula is C23H38O6. The molecular weight excluding hydrogens is 372 g/mol. The molecule has 6 heteroatoms. The summed E-state index contributed by atoms with van der Waals surface area (Å²) in [6, 6.07) is 0. The third kappa shape index (κ3) is 6.82. The fraction of sp³-hybridized carbons (Fsp3) is 0.826. The van der Waals surface area contributed by atoms with Crippen molar-refractivity contribution < 1.29 is 29.6 Å². The molecule has 0 amide bonds. The Labute approximate surface area is 174 Å². The van der Waals surface area contributed by atoms with Crippen molar-refractivity contribution in [2.75, 3.05) is 0 Å². The van der Waals surface area contributed by atoms with Crippen LogP contribution in [0, 0.1) is 29.6 Å². The first-order chi connectivity index (χ1) is 13.7. The van der Waals surface area contributed by atoms with Crippen molar-refractivity contribution in [3.8, 4) is 0 Å². The van der Waals surface area contributed by atoms with Gasteiger partial charge in [-0.05, 0) is 69.1 Å². The van der Waals surface area contributed by atoms with E-state index >= 15 is 0 Å². The van der Waals surface area contributed by atoms with Crippen molar-refractivity contribution in [3.63, 3.8) is 0 Å². The number of hydrogen-bond donors (Lipinski definition) is 3. The summed E-state index contributed by atoms with van der Waals surface area (Å²) in [5.41, 5.74) is 0. The number of hydrogen-bond acceptors (Lipinski definition) is 5. The first-order valence-electron chi connectivity index (χ1n) is 11.2. The second-order valence-corrected chi connectivity index (χ2v) is 9.06. The highest BCUT2D eigenvalue weighted by Crippen LogP contribution is 2.48. The van der Waals surface area contributed by atoms with E-state index in [9.17, 15) is 19.8 Å². The zero-order valence-corrected chi connectivity index (χ0v) is 18.0. The molecule has 166 valence electrons. The Hall–Kier alpha value is -1.40. The van der Waals surface area contributed by atoms with E-state index in [4.69, 9.17) is 9.84 Å². The number of esters is 1. The second-order valence-electron chi connectivity index (χ2n) is 9.06. The molecule has 0 saturated heterocycles. The highest BCUT2D eigenvalue weighted by molar-refractivity contribution is 5.73. The lowest BCUT2D eigenvalue weighted by atomic mass is 9.59. The van der Waals surface area contributed by atoms with Gasteiger partial charge in [0.15, 0.2) is 0 Å². The molecule has 0 aliphatic heterocycles. The third-order valence-corrected chi connectivity index (χ3v) is 6.83. The van der Waals surface area contributed by atoms with Crippen molar-refractivity contribution >= 4 is 11.9 Å². The van der Waals surface area contributed by atoms with Crippen LogP contribution in [0.15, 0.2) is 12.2 Å². The summed E-state index contributed by atoms with van der Waals surface area (Å²) in [7, 11) is 0. The summed E-state index contributed by atoms with van der Waals surface area (Å²) in [5, 5.41) is 28.8. The molecule has 29 heavy (non-hydrogen) atoms. The number of fused-ring (bicyclic) bond motifs is 1. The van der Waals surface area contributed by atoms with Gasteiger partial charge in [-0.15, -0.1) is 0 Å². The third-order valence-electron chi connectivity index (χ3n) is 6.83. The van der Waals surface area contributed by atoms with E-state index in [1.54, 1.807) is 0 Å². The lowest BCUT2D eigenvalue weighted by Gasteiger charge is -2.45. The fourth-order valence-electron chi connectivity index (χ4n) is 5.11. The number of aliphatic hydroxyl groups is 2. The van der Waals surface area contributed by atoms with Crippen molar-refractivity contribution in [2.45, 2.75) is 90.4 Å². The summed E-state index contributed by atoms with van der Waals surface area (Å²) in [6.07, 6.45) is 7.37. The largest absolute Gasteiger partial charge is 0.481 e. The van der Waals surface area contributed by atoms with Gasteiger partial charge in [0.2, 0.25) is 0 Å². The van der Waals surface area contributed by atoms with Crippen LogP contribution in [-0.2, 0) is 14.3 Å². The topological polar surface area (TPSA) is 104 Å². The molecule has 0 aromatic rings. The van der Waals surface area contributed by atoms with Gasteiger partial charge in [-0.25, -0.2) is 0 Å². The SMILES string of the molecule is CC[C@H](C)OC(=O)[C@H]1CCC[C@@H]2C=C[C@H](C)[C@H](CC[C@@H](O)C[C@@H](O)CC(=O)O)[C@@H]12. The number of rotatable bonds is 10. The average molecular weight is 411 g/mol. The molecule has 2 aliphatic carbocycles. The molecule has 0 bridgehead atoms. The maximum atomic E-state index is 12.9. The van der Waals surface area contributed by atoms with E-state index < -0.39 is 18.2 Å². The molecule has 3 N–H and O–H groups in total. The van der Waals surface area contributed by atoms with E-state index in [-0.39, 0.29) is 42.7 Å². The van der Waals surface area contributed by atoms with Crippen LogP contribution < -0.4 is 0 Å². The lowest BCUT2D eigenvalue weighted by Crippen LogP contribution is -2.43. The van der Waals surface area contributed by atoms with Crippen LogP contribution >= 0.6 is 0 Å². The molecule has 0 unspecified atom stereocenters. The predicted octanol–water partition coefficient (Wildman–Crippen LogP) is 3.55. The number of aliphatic carboxylic acids is 1. The predicted molar refractivity (Wildman–Crippen MR) is 110 cm³/mol. The standard InChI is InChI=1S/C23H38O6/c1-4-15(3)29-23(28)20-7-5-6-16-9-8-14(2)19(22(16)20)11-10-17(24)12-18(25)13-21(26)27/h8-9,14-20,22,24-25H,4-7,10-13H2,1-3H3,(H,26,27)/t14-,15-,16+,17+,18+,19-,20-,22-/m0/s1. The van der Waals surface area contributed by atoms with E-state index in [2.05, 4.69) is 19.1 Å². The Kier molecular flexibility index (Phi) is 9.15. The molecule has 2 aliphatic rings. The summed E-state index contributed by atoms with van der Waals surface area (Å²) in [5.74, 6) is -0.0848. The summed E-state index contributed by atoms with van der Waals surface area (Å²) >= 11 is 0. The minimum atomic E-state index is -1.07. The first kappa shape index (κ1) is 23.9. The van der Waals surface area contributed by atoms with E-state index in [1.807, 2.05) is 13.8 Å². The van der Waals surface area contributed by atoms with Crippen molar-refractivity contribution in [3.05, 3.63) is 12.2 Å². The normalized spacial score (nSPS) is 32.1. The summed E-state index contributed by atoms with van der Waals surface area (Å²) in [6.45, 7) is 6.10. The van der Waals surface area contributed by atoms with E-state index in [0.717, 1.165) is 32.1 Å². The number of carbonyl (C=O) groups is 2. The highest BCUT2D eigenvalue weighted by Gasteiger charge is 2.45. The van der Waals surface area contributed by atoms with Gasteiger partial charge in [0, 0.05) is 0 Å². The summed E-state index contributed by atoms with van der Waals surface area (Å²) in [4.78, 5) is 23.6. The Bertz CT molecular complexity index is 574. The smallest absolute Gasteiger partial charge is 0.309 e. The maximum absolute atomic E-state index is 12.9. The molecule has 0 aromatic heterocycles. The summed E-state index contributed by atoms with van der Waals surface area (Å²) < 4.78 is 5.69. The zero-order valence-electron chi connectivity index (χ0n) is 18.0. The van der Waals surface area contributed by atoms with E-state index in [1.165, 1.54) is 0 Å². The van der Waals surface area contributed by atoms with Gasteiger partial charge in [0.25, 0.3) is 0 Å². The molecule has 1 fully saturated rings. The molecule has 0 heterocycles. The number of allylic oxidation sites excluding steroid dienone is 2.